The van der Waals surface area contributed by atoms with Gasteiger partial charge in [0.05, 0.1) is 5.57 Å². The highest BCUT2D eigenvalue weighted by molar-refractivity contribution is 8.27. The number of aromatic nitrogens is 1. The fraction of sp³-hybridized carbons (Fsp3) is 0.120. The van der Waals surface area contributed by atoms with Gasteiger partial charge < -0.3 is 4.57 Å². The predicted octanol–water partition coefficient (Wildman–Crippen LogP) is 5.07. The summed E-state index contributed by atoms with van der Waals surface area (Å²) in [5.41, 5.74) is 6.38. The summed E-state index contributed by atoms with van der Waals surface area (Å²) in [7, 11) is 0. The van der Waals surface area contributed by atoms with Crippen molar-refractivity contribution in [1.29, 1.82) is 5.41 Å². The number of nitrogens with zero attached hydrogens (tertiary/aromatic N) is 4. The van der Waals surface area contributed by atoms with E-state index in [2.05, 4.69) is 33.7 Å². The molecule has 1 N–H and O–H groups in total. The molecule has 3 heterocycles. The lowest BCUT2D eigenvalue weighted by atomic mass is 10.1. The third kappa shape index (κ3) is 3.31. The van der Waals surface area contributed by atoms with Gasteiger partial charge in [0.2, 0.25) is 5.17 Å². The van der Waals surface area contributed by atoms with Crippen LogP contribution in [0.15, 0.2) is 76.3 Å². The van der Waals surface area contributed by atoms with Gasteiger partial charge in [-0.25, -0.2) is 0 Å². The number of aryl methyl sites for hydroxylation is 2. The van der Waals surface area contributed by atoms with Crippen LogP contribution in [0.3, 0.4) is 0 Å². The number of carbonyl (C=O) groups is 1. The number of para-hydroxylation sites is 1. The van der Waals surface area contributed by atoms with Crippen molar-refractivity contribution in [3.8, 4) is 5.69 Å². The molecule has 2 aliphatic heterocycles. The Morgan fingerprint density at radius 3 is 2.47 bits per heavy atom. The lowest BCUT2D eigenvalue weighted by molar-refractivity contribution is -0.114. The fourth-order valence-corrected chi connectivity index (χ4v) is 4.86. The van der Waals surface area contributed by atoms with E-state index >= 15 is 0 Å². The van der Waals surface area contributed by atoms with Crippen LogP contribution in [0.25, 0.3) is 11.8 Å². The highest BCUT2D eigenvalue weighted by Crippen LogP contribution is 2.32. The monoisotopic (exact) mass is 439 g/mol. The number of hydrogen-bond donors (Lipinski definition) is 1. The summed E-state index contributed by atoms with van der Waals surface area (Å²) in [6, 6.07) is 19.9. The molecule has 0 fully saturated rings. The lowest BCUT2D eigenvalue weighted by Gasteiger charge is -2.20. The highest BCUT2D eigenvalue weighted by atomic mass is 32.2. The number of amidine groups is 2. The van der Waals surface area contributed by atoms with Gasteiger partial charge in [-0.2, -0.15) is 15.1 Å². The Balaban J connectivity index is 1.53. The van der Waals surface area contributed by atoms with Crippen molar-refractivity contribution in [2.75, 3.05) is 0 Å². The van der Waals surface area contributed by atoms with Gasteiger partial charge in [0.25, 0.3) is 5.91 Å². The maximum absolute atomic E-state index is 12.8. The number of aliphatic imine (C=N–C) groups is 1. The SMILES string of the molecule is Cc1ccccc1-n1c(C)cc(C=C2C(=N)N3N=C(c4ccccc4)SC3=NC2=O)c1C. The molecular formula is C25H21N5OS. The number of hydrazone groups is 1. The average molecular weight is 440 g/mol. The molecule has 5 rings (SSSR count). The first kappa shape index (κ1) is 20.2. The molecule has 0 saturated heterocycles. The van der Waals surface area contributed by atoms with Gasteiger partial charge in [-0.3, -0.25) is 10.2 Å². The Labute approximate surface area is 190 Å². The second-order valence-corrected chi connectivity index (χ2v) is 8.70. The van der Waals surface area contributed by atoms with E-state index in [9.17, 15) is 4.79 Å². The number of rotatable bonds is 3. The maximum Gasteiger partial charge on any atom is 0.283 e. The van der Waals surface area contributed by atoms with Crippen LogP contribution in [0.5, 0.6) is 0 Å². The number of benzene rings is 2. The minimum atomic E-state index is -0.418. The Morgan fingerprint density at radius 2 is 1.72 bits per heavy atom. The van der Waals surface area contributed by atoms with Crippen LogP contribution >= 0.6 is 11.8 Å². The maximum atomic E-state index is 12.8. The number of nitrogens with one attached hydrogen (secondary N) is 1. The second kappa shape index (κ2) is 7.76. The molecule has 0 radical (unpaired) electrons. The zero-order chi connectivity index (χ0) is 22.4. The number of thioether (sulfide) groups is 1. The van der Waals surface area contributed by atoms with Crippen molar-refractivity contribution in [1.82, 2.24) is 9.58 Å². The first-order valence-electron chi connectivity index (χ1n) is 10.2. The quantitative estimate of drug-likeness (QED) is 0.579. The van der Waals surface area contributed by atoms with Crippen LogP contribution in [0.4, 0.5) is 0 Å². The first-order valence-corrected chi connectivity index (χ1v) is 11.1. The zero-order valence-corrected chi connectivity index (χ0v) is 18.8. The molecule has 0 atom stereocenters. The first-order chi connectivity index (χ1) is 15.4. The molecule has 0 spiro atoms. The van der Waals surface area contributed by atoms with E-state index < -0.39 is 5.91 Å². The summed E-state index contributed by atoms with van der Waals surface area (Å²) in [6.07, 6.45) is 1.75. The van der Waals surface area contributed by atoms with Gasteiger partial charge >= 0.3 is 0 Å². The molecule has 1 aromatic heterocycles. The third-order valence-electron chi connectivity index (χ3n) is 5.60. The van der Waals surface area contributed by atoms with Crippen LogP contribution in [0, 0.1) is 26.2 Å². The van der Waals surface area contributed by atoms with Crippen molar-refractivity contribution in [3.05, 3.63) is 94.3 Å². The fourth-order valence-electron chi connectivity index (χ4n) is 3.96. The summed E-state index contributed by atoms with van der Waals surface area (Å²) in [5, 5.41) is 15.8. The average Bonchev–Trinajstić information content (AvgIpc) is 3.33. The van der Waals surface area contributed by atoms with Crippen molar-refractivity contribution in [2.24, 2.45) is 10.1 Å². The molecule has 0 saturated carbocycles. The van der Waals surface area contributed by atoms with Gasteiger partial charge in [0.15, 0.2) is 5.84 Å². The van der Waals surface area contributed by atoms with Crippen LogP contribution in [0.1, 0.15) is 28.1 Å². The molecule has 0 aliphatic carbocycles. The topological polar surface area (TPSA) is 73.8 Å². The van der Waals surface area contributed by atoms with Crippen LogP contribution < -0.4 is 0 Å². The van der Waals surface area contributed by atoms with Crippen molar-refractivity contribution >= 4 is 39.8 Å². The minimum absolute atomic E-state index is 0.0409. The summed E-state index contributed by atoms with van der Waals surface area (Å²) >= 11 is 1.31. The van der Waals surface area contributed by atoms with E-state index in [0.717, 1.165) is 33.2 Å². The largest absolute Gasteiger partial charge is 0.318 e. The van der Waals surface area contributed by atoms with E-state index in [4.69, 9.17) is 5.41 Å². The van der Waals surface area contributed by atoms with Gasteiger partial charge in [0.1, 0.15) is 5.04 Å². The molecule has 6 nitrogen and oxygen atoms in total. The molecular weight excluding hydrogens is 418 g/mol. The summed E-state index contributed by atoms with van der Waals surface area (Å²) in [6.45, 7) is 6.14. The molecule has 0 bridgehead atoms. The van der Waals surface area contributed by atoms with Crippen molar-refractivity contribution in [2.45, 2.75) is 20.8 Å². The zero-order valence-electron chi connectivity index (χ0n) is 18.0. The minimum Gasteiger partial charge on any atom is -0.318 e. The van der Waals surface area contributed by atoms with E-state index in [0.29, 0.717) is 5.17 Å². The van der Waals surface area contributed by atoms with Crippen LogP contribution in [0.2, 0.25) is 0 Å². The number of carbonyl (C=O) groups excluding carboxylic acids is 1. The van der Waals surface area contributed by atoms with Crippen molar-refractivity contribution < 1.29 is 4.79 Å². The highest BCUT2D eigenvalue weighted by Gasteiger charge is 2.36. The van der Waals surface area contributed by atoms with Gasteiger partial charge in [-0.1, -0.05) is 48.5 Å². The van der Waals surface area contributed by atoms with E-state index in [1.807, 2.05) is 62.4 Å². The standard InChI is InChI=1S/C25H21N5OS/c1-15-9-7-8-12-21(15)29-16(2)13-19(17(29)3)14-20-22(26)30-25(27-23(20)31)32-24(28-30)18-10-5-4-6-11-18/h4-14,26H,1-3H3. The molecule has 0 unspecified atom stereocenters. The number of hydrogen-bond acceptors (Lipinski definition) is 4. The summed E-state index contributed by atoms with van der Waals surface area (Å²) < 4.78 is 2.17. The lowest BCUT2D eigenvalue weighted by Crippen LogP contribution is -2.35. The molecule has 158 valence electrons. The second-order valence-electron chi connectivity index (χ2n) is 7.74. The molecule has 3 aromatic rings. The van der Waals surface area contributed by atoms with Gasteiger partial charge in [-0.15, -0.1) is 0 Å². The number of fused-ring (bicyclic) bond motifs is 1. The summed E-state index contributed by atoms with van der Waals surface area (Å²) in [5.74, 6) is -0.377. The Morgan fingerprint density at radius 1 is 1.00 bits per heavy atom. The Hall–Kier alpha value is -3.71. The Bertz CT molecular complexity index is 1360. The van der Waals surface area contributed by atoms with Crippen LogP contribution in [-0.2, 0) is 4.79 Å². The molecule has 32 heavy (non-hydrogen) atoms. The smallest absolute Gasteiger partial charge is 0.283 e. The van der Waals surface area contributed by atoms with E-state index in [1.165, 1.54) is 22.3 Å². The number of amides is 1. The van der Waals surface area contributed by atoms with Crippen molar-refractivity contribution in [3.63, 3.8) is 0 Å². The Kier molecular flexibility index (Phi) is 4.90. The molecule has 2 aromatic carbocycles. The summed E-state index contributed by atoms with van der Waals surface area (Å²) in [4.78, 5) is 17.0. The van der Waals surface area contributed by atoms with E-state index in [-0.39, 0.29) is 11.4 Å². The van der Waals surface area contributed by atoms with E-state index in [1.54, 1.807) is 6.08 Å². The molecule has 7 heteroatoms. The normalized spacial score (nSPS) is 17.0. The molecule has 1 amide bonds. The van der Waals surface area contributed by atoms with Gasteiger partial charge in [-0.05, 0) is 61.9 Å². The third-order valence-corrected chi connectivity index (χ3v) is 6.56. The van der Waals surface area contributed by atoms with Gasteiger partial charge in [0, 0.05) is 22.6 Å². The predicted molar refractivity (Wildman–Crippen MR) is 131 cm³/mol. The van der Waals surface area contributed by atoms with Crippen LogP contribution in [-0.4, -0.2) is 31.5 Å². The molecule has 2 aliphatic rings.